The fourth-order valence-electron chi connectivity index (χ4n) is 4.24. The van der Waals surface area contributed by atoms with Gasteiger partial charge in [0.25, 0.3) is 0 Å². The lowest BCUT2D eigenvalue weighted by atomic mass is 10.0. The van der Waals surface area contributed by atoms with E-state index in [0.29, 0.717) is 0 Å². The summed E-state index contributed by atoms with van der Waals surface area (Å²) in [6.45, 7) is 1.92. The Morgan fingerprint density at radius 3 is 2.82 bits per heavy atom. The summed E-state index contributed by atoms with van der Waals surface area (Å²) < 4.78 is 9.51. The van der Waals surface area contributed by atoms with Crippen molar-refractivity contribution in [2.24, 2.45) is 7.05 Å². The highest BCUT2D eigenvalue weighted by molar-refractivity contribution is 7.16. The van der Waals surface area contributed by atoms with Crippen molar-refractivity contribution in [3.05, 3.63) is 54.6 Å². The molecule has 6 rings (SSSR count). The zero-order chi connectivity index (χ0) is 22.2. The number of fused-ring (bicyclic) bond motifs is 2. The highest BCUT2D eigenvalue weighted by Crippen LogP contribution is 2.37. The van der Waals surface area contributed by atoms with Gasteiger partial charge in [0, 0.05) is 24.5 Å². The molecule has 0 aliphatic carbocycles. The Balaban J connectivity index is 1.46. The molecule has 0 spiro atoms. The molecule has 8 nitrogen and oxygen atoms in total. The van der Waals surface area contributed by atoms with Crippen LogP contribution in [0.5, 0.6) is 5.75 Å². The number of rotatable bonds is 5. The van der Waals surface area contributed by atoms with Crippen molar-refractivity contribution < 1.29 is 4.74 Å². The first-order chi connectivity index (χ1) is 16.2. The number of piperidine rings is 1. The van der Waals surface area contributed by atoms with E-state index in [1.807, 2.05) is 37.1 Å². The fraction of sp³-hybridized carbons (Fsp3) is 0.250. The van der Waals surface area contributed by atoms with Crippen LogP contribution in [0.25, 0.3) is 32.2 Å². The topological polar surface area (TPSA) is 89.8 Å². The molecule has 166 valence electrons. The number of ether oxygens (including phenoxy) is 1. The zero-order valence-electron chi connectivity index (χ0n) is 18.2. The second kappa shape index (κ2) is 8.42. The maximum atomic E-state index is 6.58. The van der Waals surface area contributed by atoms with Gasteiger partial charge in [0.2, 0.25) is 0 Å². The third-order valence-electron chi connectivity index (χ3n) is 5.91. The van der Waals surface area contributed by atoms with Crippen LogP contribution in [0.3, 0.4) is 0 Å². The lowest BCUT2D eigenvalue weighted by Gasteiger charge is -2.25. The largest absolute Gasteiger partial charge is 0.489 e. The number of aromatic nitrogens is 5. The average Bonchev–Trinajstić information content (AvgIpc) is 3.48. The molecule has 1 saturated heterocycles. The van der Waals surface area contributed by atoms with E-state index in [4.69, 9.17) is 4.74 Å². The highest BCUT2D eigenvalue weighted by atomic mass is 32.1. The minimum Gasteiger partial charge on any atom is -0.489 e. The molecule has 0 bridgehead atoms. The summed E-state index contributed by atoms with van der Waals surface area (Å²) in [7, 11) is 1.92. The van der Waals surface area contributed by atoms with Gasteiger partial charge < -0.3 is 15.4 Å². The molecule has 3 aromatic heterocycles. The minimum absolute atomic E-state index is 0.153. The highest BCUT2D eigenvalue weighted by Gasteiger charge is 2.20. The molecule has 9 heteroatoms. The normalized spacial score (nSPS) is 14.7. The number of hydrogen-bond donors (Lipinski definition) is 2. The third-order valence-corrected chi connectivity index (χ3v) is 6.71. The molecule has 0 radical (unpaired) electrons. The van der Waals surface area contributed by atoms with E-state index >= 15 is 0 Å². The van der Waals surface area contributed by atoms with E-state index in [1.165, 1.54) is 0 Å². The predicted octanol–water partition coefficient (Wildman–Crippen LogP) is 4.51. The molecule has 33 heavy (non-hydrogen) atoms. The van der Waals surface area contributed by atoms with Crippen LogP contribution in [0.2, 0.25) is 0 Å². The zero-order valence-corrected chi connectivity index (χ0v) is 19.0. The first kappa shape index (κ1) is 20.1. The number of aryl methyl sites for hydroxylation is 1. The first-order valence-corrected chi connectivity index (χ1v) is 11.9. The number of nitrogens with one attached hydrogen (secondary N) is 2. The lowest BCUT2D eigenvalue weighted by molar-refractivity contribution is 0.164. The quantitative estimate of drug-likeness (QED) is 0.401. The summed E-state index contributed by atoms with van der Waals surface area (Å²) in [6, 6.07) is 10.3. The van der Waals surface area contributed by atoms with Crippen molar-refractivity contribution in [2.75, 3.05) is 18.4 Å². The van der Waals surface area contributed by atoms with Crippen molar-refractivity contribution >= 4 is 44.0 Å². The van der Waals surface area contributed by atoms with Gasteiger partial charge in [-0.3, -0.25) is 4.68 Å². The summed E-state index contributed by atoms with van der Waals surface area (Å²) >= 11 is 1.62. The van der Waals surface area contributed by atoms with Crippen LogP contribution in [0, 0.1) is 0 Å². The number of thiazole rings is 1. The average molecular weight is 458 g/mol. The van der Waals surface area contributed by atoms with Crippen LogP contribution in [0.4, 0.5) is 11.5 Å². The van der Waals surface area contributed by atoms with Gasteiger partial charge in [0.05, 0.1) is 32.8 Å². The molecule has 1 fully saturated rings. The van der Waals surface area contributed by atoms with Crippen LogP contribution in [-0.4, -0.2) is 43.9 Å². The Morgan fingerprint density at radius 1 is 1.06 bits per heavy atom. The maximum absolute atomic E-state index is 6.58. The van der Waals surface area contributed by atoms with E-state index in [1.54, 1.807) is 22.3 Å². The Kier molecular flexibility index (Phi) is 5.12. The molecule has 0 saturated carbocycles. The minimum atomic E-state index is 0.153. The van der Waals surface area contributed by atoms with E-state index < -0.39 is 0 Å². The van der Waals surface area contributed by atoms with Gasteiger partial charge in [0.1, 0.15) is 24.0 Å². The van der Waals surface area contributed by atoms with Crippen LogP contribution in [0.1, 0.15) is 12.8 Å². The monoisotopic (exact) mass is 457 g/mol. The van der Waals surface area contributed by atoms with Crippen molar-refractivity contribution in [1.29, 1.82) is 0 Å². The van der Waals surface area contributed by atoms with Crippen molar-refractivity contribution in [3.8, 4) is 16.9 Å². The standard InChI is InChI=1S/C24H23N7OS/c1-31-12-16(11-29-31)15-8-20-23(21(9-15)32-18-4-6-25-7-5-18)24(27-13-26-20)30-17-2-3-19-22(10-17)33-14-28-19/h2-3,8-14,18,25H,4-7H2,1H3,(H,26,27,30). The van der Waals surface area contributed by atoms with Gasteiger partial charge >= 0.3 is 0 Å². The van der Waals surface area contributed by atoms with Gasteiger partial charge in [-0.25, -0.2) is 15.0 Å². The van der Waals surface area contributed by atoms with Gasteiger partial charge in [-0.1, -0.05) is 0 Å². The number of anilines is 2. The summed E-state index contributed by atoms with van der Waals surface area (Å²) in [4.78, 5) is 13.5. The molecule has 1 aliphatic rings. The molecule has 0 unspecified atom stereocenters. The smallest absolute Gasteiger partial charge is 0.145 e. The van der Waals surface area contributed by atoms with Crippen LogP contribution in [-0.2, 0) is 7.05 Å². The van der Waals surface area contributed by atoms with E-state index in [-0.39, 0.29) is 6.10 Å². The summed E-state index contributed by atoms with van der Waals surface area (Å²) in [5, 5.41) is 12.1. The Labute approximate surface area is 194 Å². The first-order valence-electron chi connectivity index (χ1n) is 11.0. The second-order valence-corrected chi connectivity index (χ2v) is 9.11. The predicted molar refractivity (Wildman–Crippen MR) is 131 cm³/mol. The number of hydrogen-bond acceptors (Lipinski definition) is 8. The van der Waals surface area contributed by atoms with Gasteiger partial charge in [-0.05, 0) is 61.8 Å². The van der Waals surface area contributed by atoms with E-state index in [0.717, 1.165) is 75.4 Å². The molecule has 4 heterocycles. The van der Waals surface area contributed by atoms with Gasteiger partial charge in [0.15, 0.2) is 0 Å². The Bertz CT molecular complexity index is 1440. The van der Waals surface area contributed by atoms with Crippen molar-refractivity contribution in [3.63, 3.8) is 0 Å². The molecule has 2 aromatic carbocycles. The number of nitrogens with zero attached hydrogens (tertiary/aromatic N) is 5. The van der Waals surface area contributed by atoms with Crippen LogP contribution < -0.4 is 15.4 Å². The Hall–Kier alpha value is -3.56. The second-order valence-electron chi connectivity index (χ2n) is 8.22. The molecule has 0 atom stereocenters. The molecular weight excluding hydrogens is 434 g/mol. The van der Waals surface area contributed by atoms with E-state index in [9.17, 15) is 0 Å². The third kappa shape index (κ3) is 4.01. The Morgan fingerprint density at radius 2 is 1.97 bits per heavy atom. The van der Waals surface area contributed by atoms with Gasteiger partial charge in [-0.15, -0.1) is 11.3 Å². The number of benzene rings is 2. The molecule has 2 N–H and O–H groups in total. The molecule has 0 amide bonds. The van der Waals surface area contributed by atoms with Crippen molar-refractivity contribution in [1.82, 2.24) is 30.0 Å². The lowest BCUT2D eigenvalue weighted by Crippen LogP contribution is -2.34. The van der Waals surface area contributed by atoms with Crippen LogP contribution in [0.15, 0.2) is 54.6 Å². The van der Waals surface area contributed by atoms with Gasteiger partial charge in [-0.2, -0.15) is 5.10 Å². The summed E-state index contributed by atoms with van der Waals surface area (Å²) in [5.74, 6) is 1.52. The summed E-state index contributed by atoms with van der Waals surface area (Å²) in [6.07, 6.45) is 7.55. The van der Waals surface area contributed by atoms with Crippen molar-refractivity contribution in [2.45, 2.75) is 18.9 Å². The van der Waals surface area contributed by atoms with E-state index in [2.05, 4.69) is 48.9 Å². The van der Waals surface area contributed by atoms with Crippen LogP contribution >= 0.6 is 11.3 Å². The fourth-order valence-corrected chi connectivity index (χ4v) is 4.96. The SMILES string of the molecule is Cn1cc(-c2cc(OC3CCNCC3)c3c(Nc4ccc5ncsc5c4)ncnc3c2)cn1. The summed E-state index contributed by atoms with van der Waals surface area (Å²) in [5.41, 5.74) is 6.69. The molecular formula is C24H23N7OS. The molecule has 1 aliphatic heterocycles. The molecule has 5 aromatic rings. The maximum Gasteiger partial charge on any atom is 0.145 e.